The van der Waals surface area contributed by atoms with Gasteiger partial charge in [-0.3, -0.25) is 4.79 Å². The molecule has 0 unspecified atom stereocenters. The molecule has 170 valence electrons. The number of amides is 1. The van der Waals surface area contributed by atoms with Crippen LogP contribution in [-0.4, -0.2) is 45.8 Å². The molecule has 9 heteroatoms. The van der Waals surface area contributed by atoms with E-state index in [1.807, 2.05) is 32.3 Å². The van der Waals surface area contributed by atoms with E-state index < -0.39 is 17.5 Å². The monoisotopic (exact) mass is 456 g/mol. The highest BCUT2D eigenvalue weighted by Crippen LogP contribution is 2.24. The van der Waals surface area contributed by atoms with Crippen LogP contribution in [0.5, 0.6) is 0 Å². The molecule has 0 spiro atoms. The van der Waals surface area contributed by atoms with E-state index in [1.54, 1.807) is 7.11 Å². The first-order chi connectivity index (χ1) is 14.8. The summed E-state index contributed by atoms with van der Waals surface area (Å²) in [6, 6.07) is 8.08. The van der Waals surface area contributed by atoms with Gasteiger partial charge in [0.25, 0.3) is 5.91 Å². The van der Waals surface area contributed by atoms with Crippen LogP contribution in [0.15, 0.2) is 36.4 Å². The average molecular weight is 457 g/mol. The van der Waals surface area contributed by atoms with Crippen LogP contribution in [0.25, 0.3) is 0 Å². The minimum Gasteiger partial charge on any atom is -0.380 e. The number of methoxy groups -OCH3 is 1. The van der Waals surface area contributed by atoms with Crippen molar-refractivity contribution in [1.29, 1.82) is 0 Å². The van der Waals surface area contributed by atoms with Crippen LogP contribution in [-0.2, 0) is 14.3 Å². The third-order valence-corrected chi connectivity index (χ3v) is 4.39. The Balaban J connectivity index is 0.00000212. The van der Waals surface area contributed by atoms with E-state index in [0.29, 0.717) is 24.5 Å². The predicted molar refractivity (Wildman–Crippen MR) is 119 cm³/mol. The Labute approximate surface area is 186 Å². The second-order valence-electron chi connectivity index (χ2n) is 6.24. The van der Waals surface area contributed by atoms with Crippen LogP contribution < -0.4 is 10.2 Å². The number of benzene rings is 2. The Hall–Kier alpha value is -2.84. The topological polar surface area (TPSA) is 75.7 Å². The van der Waals surface area contributed by atoms with Gasteiger partial charge in [0, 0.05) is 31.5 Å². The molecule has 2 rings (SSSR count). The lowest BCUT2D eigenvalue weighted by Crippen LogP contribution is -2.33. The molecule has 2 aromatic carbocycles. The summed E-state index contributed by atoms with van der Waals surface area (Å²) in [6.07, 6.45) is 0.732. The van der Waals surface area contributed by atoms with E-state index in [9.17, 15) is 13.6 Å². The number of hydrogen-bond acceptors (Lipinski definition) is 5. The molecule has 1 N–H and O–H groups in total. The lowest BCUT2D eigenvalue weighted by molar-refractivity contribution is -0.0987. The van der Waals surface area contributed by atoms with Crippen molar-refractivity contribution in [3.8, 4) is 0 Å². The molecular weight excluding hydrogens is 430 g/mol. The maximum Gasteiger partial charge on any atom is 0.255 e. The average Bonchev–Trinajstić information content (AvgIpc) is 2.79. The van der Waals surface area contributed by atoms with Crippen molar-refractivity contribution < 1.29 is 27.9 Å². The molecule has 2 aromatic rings. The fourth-order valence-corrected chi connectivity index (χ4v) is 2.82. The zero-order valence-corrected chi connectivity index (χ0v) is 18.5. The van der Waals surface area contributed by atoms with Crippen molar-refractivity contribution in [2.75, 3.05) is 30.4 Å². The molecule has 31 heavy (non-hydrogen) atoms. The fraction of sp³-hybridized carbons (Fsp3) is 0.318. The molecule has 0 aromatic heterocycles. The Morgan fingerprint density at radius 2 is 1.74 bits per heavy atom. The Kier molecular flexibility index (Phi) is 13.7. The van der Waals surface area contributed by atoms with E-state index in [0.717, 1.165) is 6.42 Å². The number of nitrogens with one attached hydrogen (secondary N) is 1. The first-order valence-electron chi connectivity index (χ1n) is 9.27. The Bertz CT molecular complexity index is 837. The highest BCUT2D eigenvalue weighted by Gasteiger charge is 2.17. The van der Waals surface area contributed by atoms with E-state index in [1.165, 1.54) is 36.4 Å². The molecule has 0 aliphatic rings. The van der Waals surface area contributed by atoms with E-state index in [2.05, 4.69) is 5.32 Å². The lowest BCUT2D eigenvalue weighted by Gasteiger charge is -2.27. The molecule has 0 bridgehead atoms. The van der Waals surface area contributed by atoms with Crippen LogP contribution in [0.4, 0.5) is 20.2 Å². The first kappa shape index (κ1) is 28.2. The molecule has 6 nitrogen and oxygen atoms in total. The largest absolute Gasteiger partial charge is 0.380 e. The third-order valence-electron chi connectivity index (χ3n) is 4.10. The lowest BCUT2D eigenvalue weighted by atomic mass is 10.1. The van der Waals surface area contributed by atoms with Gasteiger partial charge in [0.2, 0.25) is 0 Å². The van der Waals surface area contributed by atoms with Crippen molar-refractivity contribution in [3.05, 3.63) is 58.6 Å². The minimum absolute atomic E-state index is 0.0877. The van der Waals surface area contributed by atoms with Crippen molar-refractivity contribution in [3.63, 3.8) is 0 Å². The predicted octanol–water partition coefficient (Wildman–Crippen LogP) is 4.75. The fourth-order valence-electron chi connectivity index (χ4n) is 2.64. The van der Waals surface area contributed by atoms with Crippen molar-refractivity contribution >= 4 is 42.5 Å². The van der Waals surface area contributed by atoms with Crippen LogP contribution in [0.1, 0.15) is 30.6 Å². The quantitative estimate of drug-likeness (QED) is 0.620. The van der Waals surface area contributed by atoms with Gasteiger partial charge in [-0.2, -0.15) is 0 Å². The van der Waals surface area contributed by atoms with Gasteiger partial charge in [-0.05, 0) is 49.7 Å². The molecule has 0 radical (unpaired) electrons. The number of ether oxygens (including phenoxy) is 1. The number of rotatable bonds is 8. The van der Waals surface area contributed by atoms with Gasteiger partial charge < -0.3 is 24.5 Å². The third kappa shape index (κ3) is 8.82. The van der Waals surface area contributed by atoms with Crippen LogP contribution in [0, 0.1) is 11.6 Å². The molecule has 0 aliphatic heterocycles. The number of anilines is 2. The summed E-state index contributed by atoms with van der Waals surface area (Å²) in [6.45, 7) is 9.02. The molecule has 0 saturated carbocycles. The highest BCUT2D eigenvalue weighted by molar-refractivity contribution is 6.31. The summed E-state index contributed by atoms with van der Waals surface area (Å²) >= 11 is 5.73. The normalized spacial score (nSPS) is 10.6. The number of carbonyl (C=O) groups excluding carboxylic acids is 3. The molecular formula is C22H27ClF2N2O4. The summed E-state index contributed by atoms with van der Waals surface area (Å²) in [5.41, 5.74) is 0.985. The second-order valence-corrected chi connectivity index (χ2v) is 6.65. The van der Waals surface area contributed by atoms with Gasteiger partial charge >= 0.3 is 0 Å². The van der Waals surface area contributed by atoms with Crippen molar-refractivity contribution in [2.24, 2.45) is 0 Å². The first-order valence-corrected chi connectivity index (χ1v) is 9.65. The highest BCUT2D eigenvalue weighted by atomic mass is 35.5. The van der Waals surface area contributed by atoms with E-state index in [4.69, 9.17) is 25.9 Å². The second kappa shape index (κ2) is 15.0. The SMILES string of the molecule is C=O.C=O.CCCN(C[C@H](C)OC)c1cc(C(=O)Nc2ccc(F)c(Cl)c2)ccc1F. The molecule has 0 fully saturated rings. The van der Waals surface area contributed by atoms with Gasteiger partial charge in [-0.25, -0.2) is 8.78 Å². The van der Waals surface area contributed by atoms with Crippen LogP contribution >= 0.6 is 11.6 Å². The molecule has 0 saturated heterocycles. The summed E-state index contributed by atoms with van der Waals surface area (Å²) in [7, 11) is 1.60. The summed E-state index contributed by atoms with van der Waals surface area (Å²) in [5.74, 6) is -1.41. The summed E-state index contributed by atoms with van der Waals surface area (Å²) < 4.78 is 32.9. The van der Waals surface area contributed by atoms with Gasteiger partial charge in [-0.15, -0.1) is 0 Å². The molecule has 1 amide bonds. The number of hydrogen-bond donors (Lipinski definition) is 1. The maximum absolute atomic E-state index is 14.4. The zero-order valence-electron chi connectivity index (χ0n) is 17.8. The molecule has 1 atom stereocenters. The van der Waals surface area contributed by atoms with Crippen LogP contribution in [0.3, 0.4) is 0 Å². The number of nitrogens with zero attached hydrogens (tertiary/aromatic N) is 1. The summed E-state index contributed by atoms with van der Waals surface area (Å²) in [5, 5.41) is 2.55. The van der Waals surface area contributed by atoms with Gasteiger partial charge in [0.05, 0.1) is 16.8 Å². The number of halogens is 3. The smallest absolute Gasteiger partial charge is 0.255 e. The minimum atomic E-state index is -0.568. The summed E-state index contributed by atoms with van der Waals surface area (Å²) in [4.78, 5) is 30.4. The molecule has 0 aliphatic carbocycles. The van der Waals surface area contributed by atoms with Gasteiger partial charge in [-0.1, -0.05) is 18.5 Å². The Morgan fingerprint density at radius 3 is 2.29 bits per heavy atom. The van der Waals surface area contributed by atoms with Gasteiger partial charge in [0.1, 0.15) is 25.2 Å². The van der Waals surface area contributed by atoms with Crippen LogP contribution in [0.2, 0.25) is 5.02 Å². The maximum atomic E-state index is 14.4. The van der Waals surface area contributed by atoms with Crippen molar-refractivity contribution in [1.82, 2.24) is 0 Å². The van der Waals surface area contributed by atoms with Crippen molar-refractivity contribution in [2.45, 2.75) is 26.4 Å². The number of carbonyl (C=O) groups is 3. The Morgan fingerprint density at radius 1 is 1.13 bits per heavy atom. The zero-order chi connectivity index (χ0) is 24.0. The van der Waals surface area contributed by atoms with E-state index >= 15 is 0 Å². The van der Waals surface area contributed by atoms with Gasteiger partial charge in [0.15, 0.2) is 0 Å². The standard InChI is InChI=1S/C20H23ClF2N2O2.2CH2O/c1-4-9-25(12-13(2)27-3)19-10-14(5-7-18(19)23)20(26)24-15-6-8-17(22)16(21)11-15;2*1-2/h5-8,10-11,13H,4,9,12H2,1-3H3,(H,24,26);2*1H2/t13-;;/m0../s1. The van der Waals surface area contributed by atoms with E-state index in [-0.39, 0.29) is 16.7 Å². The molecule has 0 heterocycles.